The van der Waals surface area contributed by atoms with Crippen LogP contribution in [0.3, 0.4) is 0 Å². The number of hydrogen-bond donors (Lipinski definition) is 1. The average Bonchev–Trinajstić information content (AvgIpc) is 2.83. The van der Waals surface area contributed by atoms with E-state index in [2.05, 4.69) is 26.1 Å². The number of hydrogen-bond acceptors (Lipinski definition) is 6. The maximum Gasteiger partial charge on any atom is 0.314 e. The largest absolute Gasteiger partial charge is 0.481 e. The van der Waals surface area contributed by atoms with Crippen LogP contribution in [-0.2, 0) is 4.79 Å². The molecule has 0 saturated heterocycles. The van der Waals surface area contributed by atoms with Crippen LogP contribution < -0.4 is 0 Å². The lowest BCUT2D eigenvalue weighted by atomic mass is 10.5. The molecule has 0 fully saturated rings. The van der Waals surface area contributed by atoms with Crippen LogP contribution in [0.2, 0.25) is 0 Å². The van der Waals surface area contributed by atoms with Gasteiger partial charge in [0.05, 0.1) is 0 Å². The normalized spacial score (nSPS) is 10.6. The molecular formula is C8H5BrN2O3S2. The molecule has 1 N–H and O–H groups in total. The smallest absolute Gasteiger partial charge is 0.314 e. The molecule has 0 bridgehead atoms. The predicted octanol–water partition coefficient (Wildman–Crippen LogP) is 2.74. The Labute approximate surface area is 107 Å². The fourth-order valence-electron chi connectivity index (χ4n) is 0.930. The SMILES string of the molecule is O=C(O)CSc1nnc(-c2sccc2Br)o1. The van der Waals surface area contributed by atoms with E-state index in [4.69, 9.17) is 9.52 Å². The van der Waals surface area contributed by atoms with Crippen LogP contribution in [0, 0.1) is 0 Å². The molecule has 0 saturated carbocycles. The van der Waals surface area contributed by atoms with Gasteiger partial charge in [0.1, 0.15) is 10.6 Å². The number of thiophene rings is 1. The highest BCUT2D eigenvalue weighted by atomic mass is 79.9. The van der Waals surface area contributed by atoms with Gasteiger partial charge in [-0.05, 0) is 27.4 Å². The summed E-state index contributed by atoms with van der Waals surface area (Å²) in [5.41, 5.74) is 0. The number of nitrogens with zero attached hydrogens (tertiary/aromatic N) is 2. The summed E-state index contributed by atoms with van der Waals surface area (Å²) in [5, 5.41) is 18.3. The van der Waals surface area contributed by atoms with Crippen molar-refractivity contribution >= 4 is 45.0 Å². The highest BCUT2D eigenvalue weighted by molar-refractivity contribution is 9.10. The number of rotatable bonds is 4. The van der Waals surface area contributed by atoms with Crippen molar-refractivity contribution < 1.29 is 14.3 Å². The fourth-order valence-corrected chi connectivity index (χ4v) is 2.87. The van der Waals surface area contributed by atoms with Gasteiger partial charge in [0.25, 0.3) is 11.1 Å². The molecule has 2 rings (SSSR count). The molecule has 84 valence electrons. The lowest BCUT2D eigenvalue weighted by Crippen LogP contribution is -1.97. The summed E-state index contributed by atoms with van der Waals surface area (Å²) < 4.78 is 6.20. The first-order valence-electron chi connectivity index (χ1n) is 4.08. The maximum absolute atomic E-state index is 10.3. The molecule has 0 radical (unpaired) electrons. The Morgan fingerprint density at radius 1 is 1.62 bits per heavy atom. The molecule has 16 heavy (non-hydrogen) atoms. The van der Waals surface area contributed by atoms with Crippen molar-refractivity contribution in [1.82, 2.24) is 10.2 Å². The molecule has 5 nitrogen and oxygen atoms in total. The molecule has 2 heterocycles. The van der Waals surface area contributed by atoms with E-state index in [1.54, 1.807) is 0 Å². The first-order chi connectivity index (χ1) is 7.66. The number of carbonyl (C=O) groups is 1. The van der Waals surface area contributed by atoms with Crippen LogP contribution in [0.25, 0.3) is 10.8 Å². The van der Waals surface area contributed by atoms with Gasteiger partial charge in [-0.25, -0.2) is 0 Å². The van der Waals surface area contributed by atoms with Gasteiger partial charge in [0.2, 0.25) is 0 Å². The molecule has 0 unspecified atom stereocenters. The van der Waals surface area contributed by atoms with Gasteiger partial charge in [-0.1, -0.05) is 11.8 Å². The highest BCUT2D eigenvalue weighted by Gasteiger charge is 2.13. The van der Waals surface area contributed by atoms with Gasteiger partial charge in [-0.15, -0.1) is 21.5 Å². The standard InChI is InChI=1S/C8H5BrN2O3S2/c9-4-1-2-15-6(4)7-10-11-8(14-7)16-3-5(12)13/h1-2H,3H2,(H,12,13). The molecule has 0 aliphatic rings. The van der Waals surface area contributed by atoms with Gasteiger partial charge in [-0.2, -0.15) is 0 Å². The third-order valence-corrected chi connectivity index (χ3v) is 4.17. The Morgan fingerprint density at radius 3 is 3.06 bits per heavy atom. The van der Waals surface area contributed by atoms with E-state index >= 15 is 0 Å². The van der Waals surface area contributed by atoms with Gasteiger partial charge in [0, 0.05) is 4.47 Å². The highest BCUT2D eigenvalue weighted by Crippen LogP contribution is 2.33. The Kier molecular flexibility index (Phi) is 3.62. The van der Waals surface area contributed by atoms with E-state index in [1.165, 1.54) is 11.3 Å². The van der Waals surface area contributed by atoms with E-state index in [0.29, 0.717) is 5.89 Å². The first-order valence-corrected chi connectivity index (χ1v) is 6.74. The fraction of sp³-hybridized carbons (Fsp3) is 0.125. The third kappa shape index (κ3) is 2.63. The minimum absolute atomic E-state index is 0.0900. The monoisotopic (exact) mass is 320 g/mol. The molecular weight excluding hydrogens is 316 g/mol. The van der Waals surface area contributed by atoms with Crippen molar-refractivity contribution in [3.05, 3.63) is 15.9 Å². The lowest BCUT2D eigenvalue weighted by Gasteiger charge is -1.90. The van der Waals surface area contributed by atoms with Crippen LogP contribution in [0.5, 0.6) is 0 Å². The van der Waals surface area contributed by atoms with Crippen molar-refractivity contribution in [2.24, 2.45) is 0 Å². The van der Waals surface area contributed by atoms with Crippen LogP contribution >= 0.6 is 39.0 Å². The van der Waals surface area contributed by atoms with Crippen LogP contribution in [0.1, 0.15) is 0 Å². The molecule has 0 spiro atoms. The van der Waals surface area contributed by atoms with Crippen LogP contribution in [0.4, 0.5) is 0 Å². The van der Waals surface area contributed by atoms with Gasteiger partial charge in [-0.3, -0.25) is 4.79 Å². The van der Waals surface area contributed by atoms with Crippen molar-refractivity contribution in [2.75, 3.05) is 5.75 Å². The molecule has 0 aliphatic heterocycles. The molecule has 8 heteroatoms. The first kappa shape index (κ1) is 11.6. The summed E-state index contributed by atoms with van der Waals surface area (Å²) >= 11 is 5.83. The number of carboxylic acids is 1. The number of aromatic nitrogens is 2. The number of thioether (sulfide) groups is 1. The van der Waals surface area contributed by atoms with Crippen molar-refractivity contribution in [1.29, 1.82) is 0 Å². The summed E-state index contributed by atoms with van der Waals surface area (Å²) in [6.45, 7) is 0. The van der Waals surface area contributed by atoms with Gasteiger partial charge in [0.15, 0.2) is 0 Å². The Hall–Kier alpha value is -0.860. The van der Waals surface area contributed by atoms with E-state index in [-0.39, 0.29) is 11.0 Å². The molecule has 2 aromatic heterocycles. The van der Waals surface area contributed by atoms with Crippen LogP contribution in [-0.4, -0.2) is 27.0 Å². The van der Waals surface area contributed by atoms with Crippen molar-refractivity contribution in [3.8, 4) is 10.8 Å². The summed E-state index contributed by atoms with van der Waals surface area (Å²) in [6, 6.07) is 1.88. The second-order valence-electron chi connectivity index (χ2n) is 2.65. The zero-order chi connectivity index (χ0) is 11.5. The van der Waals surface area contributed by atoms with E-state index in [9.17, 15) is 4.79 Å². The molecule has 0 aliphatic carbocycles. The minimum Gasteiger partial charge on any atom is -0.481 e. The molecule has 0 amide bonds. The number of aliphatic carboxylic acids is 1. The Morgan fingerprint density at radius 2 is 2.44 bits per heavy atom. The minimum atomic E-state index is -0.915. The van der Waals surface area contributed by atoms with Gasteiger partial charge < -0.3 is 9.52 Å². The van der Waals surface area contributed by atoms with Gasteiger partial charge >= 0.3 is 5.97 Å². The third-order valence-electron chi connectivity index (χ3n) is 1.54. The van der Waals surface area contributed by atoms with Crippen molar-refractivity contribution in [2.45, 2.75) is 5.22 Å². The molecule has 0 aromatic carbocycles. The summed E-state index contributed by atoms with van der Waals surface area (Å²) in [7, 11) is 0. The topological polar surface area (TPSA) is 76.2 Å². The summed E-state index contributed by atoms with van der Waals surface area (Å²) in [4.78, 5) is 11.2. The Balaban J connectivity index is 2.14. The Bertz CT molecular complexity index is 511. The predicted molar refractivity (Wildman–Crippen MR) is 63.7 cm³/mol. The molecule has 2 aromatic rings. The second-order valence-corrected chi connectivity index (χ2v) is 5.35. The van der Waals surface area contributed by atoms with Crippen LogP contribution in [0.15, 0.2) is 25.6 Å². The lowest BCUT2D eigenvalue weighted by molar-refractivity contribution is -0.133. The number of halogens is 1. The second kappa shape index (κ2) is 4.98. The van der Waals surface area contributed by atoms with E-state index < -0.39 is 5.97 Å². The molecule has 0 atom stereocenters. The van der Waals surface area contributed by atoms with E-state index in [0.717, 1.165) is 21.1 Å². The zero-order valence-corrected chi connectivity index (χ0v) is 10.9. The summed E-state index contributed by atoms with van der Waals surface area (Å²) in [5.74, 6) is -0.607. The number of carboxylic acid groups (broad SMARTS) is 1. The average molecular weight is 321 g/mol. The van der Waals surface area contributed by atoms with E-state index in [1.807, 2.05) is 11.4 Å². The summed E-state index contributed by atoms with van der Waals surface area (Å²) in [6.07, 6.45) is 0. The quantitative estimate of drug-likeness (QED) is 0.873. The zero-order valence-electron chi connectivity index (χ0n) is 7.71. The maximum atomic E-state index is 10.3. The van der Waals surface area contributed by atoms with Crippen molar-refractivity contribution in [3.63, 3.8) is 0 Å².